The zero-order chi connectivity index (χ0) is 11.4. The molecule has 1 aliphatic rings. The van der Waals surface area contributed by atoms with Crippen LogP contribution >= 0.6 is 0 Å². The van der Waals surface area contributed by atoms with E-state index < -0.39 is 5.97 Å². The summed E-state index contributed by atoms with van der Waals surface area (Å²) in [6, 6.07) is 0.215. The van der Waals surface area contributed by atoms with E-state index in [9.17, 15) is 9.59 Å². The molecular formula is C10H18N2O3. The summed E-state index contributed by atoms with van der Waals surface area (Å²) in [5, 5.41) is 8.59. The van der Waals surface area contributed by atoms with Crippen molar-refractivity contribution in [1.29, 1.82) is 0 Å². The minimum Gasteiger partial charge on any atom is -0.481 e. The van der Waals surface area contributed by atoms with E-state index in [-0.39, 0.29) is 18.5 Å². The Balaban J connectivity index is 2.49. The highest BCUT2D eigenvalue weighted by molar-refractivity contribution is 5.76. The number of amides is 2. The van der Waals surface area contributed by atoms with Crippen LogP contribution in [-0.2, 0) is 4.79 Å². The van der Waals surface area contributed by atoms with E-state index in [1.807, 2.05) is 6.92 Å². The summed E-state index contributed by atoms with van der Waals surface area (Å²) in [6.07, 6.45) is 2.03. The lowest BCUT2D eigenvalue weighted by molar-refractivity contribution is -0.137. The van der Waals surface area contributed by atoms with Crippen molar-refractivity contribution >= 4 is 12.0 Å². The molecule has 0 atom stereocenters. The van der Waals surface area contributed by atoms with Gasteiger partial charge in [0.2, 0.25) is 0 Å². The molecule has 0 aromatic rings. The van der Waals surface area contributed by atoms with Gasteiger partial charge in [-0.25, -0.2) is 4.79 Å². The summed E-state index contributed by atoms with van der Waals surface area (Å²) in [4.78, 5) is 25.6. The second-order valence-electron chi connectivity index (χ2n) is 3.87. The van der Waals surface area contributed by atoms with Crippen LogP contribution in [0.25, 0.3) is 0 Å². The molecule has 1 fully saturated rings. The molecule has 0 aromatic carbocycles. The molecule has 0 bridgehead atoms. The van der Waals surface area contributed by atoms with Gasteiger partial charge in [-0.2, -0.15) is 0 Å². The molecule has 5 heteroatoms. The second-order valence-corrected chi connectivity index (χ2v) is 3.87. The molecule has 2 amide bonds. The van der Waals surface area contributed by atoms with Gasteiger partial charge in [0, 0.05) is 26.2 Å². The molecule has 1 saturated carbocycles. The predicted octanol–water partition coefficient (Wildman–Crippen LogP) is 0.997. The summed E-state index contributed by atoms with van der Waals surface area (Å²) in [7, 11) is 1.73. The normalized spacial score (nSPS) is 14.8. The number of carbonyl (C=O) groups excluding carboxylic acids is 1. The molecule has 1 N–H and O–H groups in total. The third kappa shape index (κ3) is 3.42. The van der Waals surface area contributed by atoms with Gasteiger partial charge < -0.3 is 14.9 Å². The lowest BCUT2D eigenvalue weighted by Gasteiger charge is -2.27. The maximum Gasteiger partial charge on any atom is 0.319 e. The molecule has 15 heavy (non-hydrogen) atoms. The Bertz CT molecular complexity index is 251. The summed E-state index contributed by atoms with van der Waals surface area (Å²) < 4.78 is 0. The molecule has 0 unspecified atom stereocenters. The average Bonchev–Trinajstić information content (AvgIpc) is 3.00. The molecule has 0 saturated heterocycles. The fourth-order valence-corrected chi connectivity index (χ4v) is 1.39. The summed E-state index contributed by atoms with van der Waals surface area (Å²) >= 11 is 0. The number of hydrogen-bond acceptors (Lipinski definition) is 2. The fraction of sp³-hybridized carbons (Fsp3) is 0.800. The summed E-state index contributed by atoms with van der Waals surface area (Å²) in [5.41, 5.74) is 0. The van der Waals surface area contributed by atoms with Gasteiger partial charge in [0.15, 0.2) is 0 Å². The second kappa shape index (κ2) is 5.00. The Kier molecular flexibility index (Phi) is 3.94. The summed E-state index contributed by atoms with van der Waals surface area (Å²) in [6.45, 7) is 2.87. The number of carbonyl (C=O) groups is 2. The smallest absolute Gasteiger partial charge is 0.319 e. The van der Waals surface area contributed by atoms with E-state index in [0.717, 1.165) is 12.8 Å². The molecule has 0 radical (unpaired) electrons. The Labute approximate surface area is 89.7 Å². The van der Waals surface area contributed by atoms with E-state index in [2.05, 4.69) is 0 Å². The Morgan fingerprint density at radius 2 is 2.00 bits per heavy atom. The van der Waals surface area contributed by atoms with Crippen molar-refractivity contribution < 1.29 is 14.7 Å². The van der Waals surface area contributed by atoms with Crippen molar-refractivity contribution in [2.45, 2.75) is 32.2 Å². The predicted molar refractivity (Wildman–Crippen MR) is 55.7 cm³/mol. The topological polar surface area (TPSA) is 60.9 Å². The van der Waals surface area contributed by atoms with Crippen LogP contribution in [0, 0.1) is 0 Å². The zero-order valence-corrected chi connectivity index (χ0v) is 9.27. The largest absolute Gasteiger partial charge is 0.481 e. The standard InChI is InChI=1S/C10H18N2O3/c1-3-11(2)10(15)12(8-4-5-8)7-6-9(13)14/h8H,3-7H2,1-2H3,(H,13,14). The van der Waals surface area contributed by atoms with Crippen LogP contribution in [0.15, 0.2) is 0 Å². The lowest BCUT2D eigenvalue weighted by Crippen LogP contribution is -2.43. The van der Waals surface area contributed by atoms with Crippen LogP contribution in [0.4, 0.5) is 4.79 Å². The number of hydrogen-bond donors (Lipinski definition) is 1. The van der Waals surface area contributed by atoms with Gasteiger partial charge in [-0.05, 0) is 19.8 Å². The SMILES string of the molecule is CCN(C)C(=O)N(CCC(=O)O)C1CC1. The van der Waals surface area contributed by atoms with Crippen LogP contribution in [0.1, 0.15) is 26.2 Å². The third-order valence-corrected chi connectivity index (χ3v) is 2.60. The minimum atomic E-state index is -0.854. The van der Waals surface area contributed by atoms with Gasteiger partial charge in [0.25, 0.3) is 0 Å². The van der Waals surface area contributed by atoms with Crippen LogP contribution in [-0.4, -0.2) is 53.1 Å². The molecule has 0 aromatic heterocycles. The zero-order valence-electron chi connectivity index (χ0n) is 9.27. The lowest BCUT2D eigenvalue weighted by atomic mass is 10.3. The Morgan fingerprint density at radius 3 is 2.40 bits per heavy atom. The molecule has 1 aliphatic carbocycles. The van der Waals surface area contributed by atoms with Crippen LogP contribution < -0.4 is 0 Å². The highest BCUT2D eigenvalue weighted by Crippen LogP contribution is 2.27. The van der Waals surface area contributed by atoms with Gasteiger partial charge in [0.05, 0.1) is 6.42 Å². The molecule has 1 rings (SSSR count). The third-order valence-electron chi connectivity index (χ3n) is 2.60. The van der Waals surface area contributed by atoms with Gasteiger partial charge in [0.1, 0.15) is 0 Å². The van der Waals surface area contributed by atoms with Gasteiger partial charge >= 0.3 is 12.0 Å². The number of urea groups is 1. The van der Waals surface area contributed by atoms with Gasteiger partial charge in [-0.15, -0.1) is 0 Å². The van der Waals surface area contributed by atoms with Crippen molar-refractivity contribution in [2.75, 3.05) is 20.1 Å². The summed E-state index contributed by atoms with van der Waals surface area (Å²) in [5.74, 6) is -0.854. The number of aliphatic carboxylic acids is 1. The van der Waals surface area contributed by atoms with E-state index >= 15 is 0 Å². The highest BCUT2D eigenvalue weighted by atomic mass is 16.4. The Hall–Kier alpha value is -1.26. The van der Waals surface area contributed by atoms with E-state index in [1.165, 1.54) is 0 Å². The van der Waals surface area contributed by atoms with E-state index in [4.69, 9.17) is 5.11 Å². The van der Waals surface area contributed by atoms with Crippen molar-refractivity contribution in [2.24, 2.45) is 0 Å². The van der Waals surface area contributed by atoms with Crippen molar-refractivity contribution in [3.05, 3.63) is 0 Å². The fourth-order valence-electron chi connectivity index (χ4n) is 1.39. The quantitative estimate of drug-likeness (QED) is 0.742. The van der Waals surface area contributed by atoms with Crippen molar-refractivity contribution in [3.8, 4) is 0 Å². The average molecular weight is 214 g/mol. The maximum absolute atomic E-state index is 11.8. The minimum absolute atomic E-state index is 0.0276. The Morgan fingerprint density at radius 1 is 1.40 bits per heavy atom. The number of carboxylic acid groups (broad SMARTS) is 1. The van der Waals surface area contributed by atoms with Gasteiger partial charge in [-0.3, -0.25) is 4.79 Å². The molecule has 0 heterocycles. The monoisotopic (exact) mass is 214 g/mol. The van der Waals surface area contributed by atoms with Gasteiger partial charge in [-0.1, -0.05) is 0 Å². The van der Waals surface area contributed by atoms with Crippen LogP contribution in [0.3, 0.4) is 0 Å². The first-order valence-corrected chi connectivity index (χ1v) is 5.29. The number of rotatable bonds is 5. The molecule has 0 spiro atoms. The van der Waals surface area contributed by atoms with E-state index in [0.29, 0.717) is 13.1 Å². The first-order chi connectivity index (χ1) is 7.06. The molecule has 5 nitrogen and oxygen atoms in total. The first kappa shape index (κ1) is 11.8. The van der Waals surface area contributed by atoms with Crippen molar-refractivity contribution in [3.63, 3.8) is 0 Å². The van der Waals surface area contributed by atoms with E-state index in [1.54, 1.807) is 16.8 Å². The van der Waals surface area contributed by atoms with Crippen LogP contribution in [0.2, 0.25) is 0 Å². The molecular weight excluding hydrogens is 196 g/mol. The number of nitrogens with zero attached hydrogens (tertiary/aromatic N) is 2. The highest BCUT2D eigenvalue weighted by Gasteiger charge is 2.33. The van der Waals surface area contributed by atoms with Crippen molar-refractivity contribution in [1.82, 2.24) is 9.80 Å². The molecule has 0 aliphatic heterocycles. The number of carboxylic acids is 1. The maximum atomic E-state index is 11.8. The molecule has 86 valence electrons. The first-order valence-electron chi connectivity index (χ1n) is 5.29. The van der Waals surface area contributed by atoms with Crippen LogP contribution in [0.5, 0.6) is 0 Å².